The lowest BCUT2D eigenvalue weighted by Crippen LogP contribution is -2.48. The zero-order chi connectivity index (χ0) is 25.4. The zero-order valence-corrected chi connectivity index (χ0v) is 20.9. The van der Waals surface area contributed by atoms with Gasteiger partial charge in [-0.2, -0.15) is 0 Å². The number of para-hydroxylation sites is 2. The number of nitrogens with one attached hydrogen (secondary N) is 1. The highest BCUT2D eigenvalue weighted by Gasteiger charge is 2.29. The van der Waals surface area contributed by atoms with Gasteiger partial charge in [0.15, 0.2) is 0 Å². The van der Waals surface area contributed by atoms with E-state index in [1.54, 1.807) is 47.0 Å². The van der Waals surface area contributed by atoms with Gasteiger partial charge in [-0.1, -0.05) is 24.3 Å². The average molecular weight is 489 g/mol. The van der Waals surface area contributed by atoms with Crippen molar-refractivity contribution >= 4 is 17.6 Å². The van der Waals surface area contributed by atoms with Crippen molar-refractivity contribution in [3.63, 3.8) is 0 Å². The van der Waals surface area contributed by atoms with E-state index in [9.17, 15) is 14.7 Å². The highest BCUT2D eigenvalue weighted by molar-refractivity contribution is 5.90. The Morgan fingerprint density at radius 2 is 2.17 bits per heavy atom. The van der Waals surface area contributed by atoms with Gasteiger partial charge in [-0.05, 0) is 25.5 Å². The third-order valence-electron chi connectivity index (χ3n) is 6.29. The van der Waals surface area contributed by atoms with Crippen molar-refractivity contribution in [3.8, 4) is 5.75 Å². The van der Waals surface area contributed by atoms with E-state index in [2.05, 4.69) is 15.6 Å². The second-order valence-electron chi connectivity index (χ2n) is 8.97. The Morgan fingerprint density at radius 3 is 2.91 bits per heavy atom. The number of aromatic nitrogens is 3. The smallest absolute Gasteiger partial charge is 0.321 e. The zero-order valence-electron chi connectivity index (χ0n) is 20.9. The van der Waals surface area contributed by atoms with Gasteiger partial charge in [0.2, 0.25) is 5.91 Å². The first-order chi connectivity index (χ1) is 16.8. The van der Waals surface area contributed by atoms with Crippen molar-refractivity contribution in [2.45, 2.75) is 52.0 Å². The summed E-state index contributed by atoms with van der Waals surface area (Å²) in [4.78, 5) is 29.2. The summed E-state index contributed by atoms with van der Waals surface area (Å²) in [5, 5.41) is 20.7. The third-order valence-corrected chi connectivity index (χ3v) is 6.29. The molecule has 0 radical (unpaired) electrons. The van der Waals surface area contributed by atoms with Gasteiger partial charge in [0.05, 0.1) is 50.0 Å². The molecule has 0 aliphatic carbocycles. The molecular weight excluding hydrogens is 452 g/mol. The molecule has 2 N–H and O–H groups in total. The maximum Gasteiger partial charge on any atom is 0.321 e. The van der Waals surface area contributed by atoms with Crippen LogP contribution in [0.4, 0.5) is 10.5 Å². The number of fused-ring (bicyclic) bond motifs is 1. The molecule has 0 saturated heterocycles. The number of nitrogens with zero attached hydrogens (tertiary/aromatic N) is 5. The van der Waals surface area contributed by atoms with Gasteiger partial charge >= 0.3 is 6.03 Å². The molecule has 11 nitrogen and oxygen atoms in total. The number of hydrogen-bond acceptors (Lipinski definition) is 7. The van der Waals surface area contributed by atoms with E-state index in [-0.39, 0.29) is 43.2 Å². The molecule has 192 valence electrons. The summed E-state index contributed by atoms with van der Waals surface area (Å²) in [7, 11) is 3.25. The molecule has 1 aromatic carbocycles. The van der Waals surface area contributed by atoms with E-state index in [1.165, 1.54) is 0 Å². The fourth-order valence-electron chi connectivity index (χ4n) is 4.06. The largest absolute Gasteiger partial charge is 0.495 e. The number of likely N-dealkylation sites (N-methyl/N-ethyl adjacent to an activating group) is 1. The lowest BCUT2D eigenvalue weighted by Gasteiger charge is -2.35. The number of methoxy groups -OCH3 is 1. The third kappa shape index (κ3) is 6.92. The van der Waals surface area contributed by atoms with E-state index in [0.29, 0.717) is 43.9 Å². The van der Waals surface area contributed by atoms with Gasteiger partial charge in [-0.3, -0.25) is 4.79 Å². The summed E-state index contributed by atoms with van der Waals surface area (Å²) in [6.45, 7) is 5.22. The minimum absolute atomic E-state index is 0.0262. The number of anilines is 1. The SMILES string of the molecule is COc1ccccc1NC(=O)N(C)C[C@@H]1OCc2cnnn2CCCC(=O)N([C@@H](C)CO)C[C@H]1C. The number of hydrogen-bond donors (Lipinski definition) is 2. The monoisotopic (exact) mass is 488 g/mol. The van der Waals surface area contributed by atoms with Crippen molar-refractivity contribution in [1.29, 1.82) is 0 Å². The minimum atomic E-state index is -0.382. The predicted molar refractivity (Wildman–Crippen MR) is 130 cm³/mol. The topological polar surface area (TPSA) is 122 Å². The first-order valence-corrected chi connectivity index (χ1v) is 11.9. The summed E-state index contributed by atoms with van der Waals surface area (Å²) in [5.74, 6) is 0.428. The first kappa shape index (κ1) is 26.4. The number of carbonyl (C=O) groups is 2. The van der Waals surface area contributed by atoms with Gasteiger partial charge in [-0.15, -0.1) is 5.10 Å². The number of amides is 3. The molecule has 0 saturated carbocycles. The van der Waals surface area contributed by atoms with Crippen molar-refractivity contribution < 1.29 is 24.2 Å². The van der Waals surface area contributed by atoms with Crippen LogP contribution in [0.25, 0.3) is 0 Å². The summed E-state index contributed by atoms with van der Waals surface area (Å²) >= 11 is 0. The molecule has 11 heteroatoms. The quantitative estimate of drug-likeness (QED) is 0.637. The summed E-state index contributed by atoms with van der Waals surface area (Å²) in [6, 6.07) is 6.58. The molecule has 1 aromatic heterocycles. The molecule has 3 atom stereocenters. The highest BCUT2D eigenvalue weighted by Crippen LogP contribution is 2.24. The molecule has 1 aliphatic rings. The van der Waals surface area contributed by atoms with Crippen LogP contribution in [0, 0.1) is 5.92 Å². The number of carbonyl (C=O) groups excluding carboxylic acids is 2. The van der Waals surface area contributed by atoms with Gasteiger partial charge in [0.25, 0.3) is 0 Å². The van der Waals surface area contributed by atoms with Crippen LogP contribution < -0.4 is 10.1 Å². The summed E-state index contributed by atoms with van der Waals surface area (Å²) in [5.41, 5.74) is 1.39. The van der Waals surface area contributed by atoms with Crippen LogP contribution in [0.15, 0.2) is 30.5 Å². The normalized spacial score (nSPS) is 20.3. The molecule has 2 aromatic rings. The van der Waals surface area contributed by atoms with Crippen LogP contribution >= 0.6 is 0 Å². The van der Waals surface area contributed by atoms with Gasteiger partial charge in [0, 0.05) is 39.0 Å². The number of urea groups is 1. The van der Waals surface area contributed by atoms with Crippen molar-refractivity contribution in [3.05, 3.63) is 36.2 Å². The molecule has 2 heterocycles. The molecule has 0 spiro atoms. The number of rotatable bonds is 6. The van der Waals surface area contributed by atoms with E-state index < -0.39 is 0 Å². The average Bonchev–Trinajstić information content (AvgIpc) is 3.30. The Hall–Kier alpha value is -3.18. The lowest BCUT2D eigenvalue weighted by molar-refractivity contribution is -0.136. The number of benzene rings is 1. The van der Waals surface area contributed by atoms with Crippen LogP contribution in [0.3, 0.4) is 0 Å². The van der Waals surface area contributed by atoms with Gasteiger partial charge in [0.1, 0.15) is 5.75 Å². The van der Waals surface area contributed by atoms with Crippen molar-refractivity contribution in [2.75, 3.05) is 39.2 Å². The maximum atomic E-state index is 13.0. The fourth-order valence-corrected chi connectivity index (χ4v) is 4.06. The van der Waals surface area contributed by atoms with Crippen molar-refractivity contribution in [2.24, 2.45) is 5.92 Å². The Bertz CT molecular complexity index is 983. The van der Waals surface area contributed by atoms with Crippen LogP contribution in [-0.2, 0) is 22.7 Å². The maximum absolute atomic E-state index is 13.0. The van der Waals surface area contributed by atoms with E-state index in [1.807, 2.05) is 26.0 Å². The molecule has 0 fully saturated rings. The number of aryl methyl sites for hydroxylation is 1. The molecular formula is C24H36N6O5. The second kappa shape index (κ2) is 12.5. The molecule has 3 amide bonds. The second-order valence-corrected chi connectivity index (χ2v) is 8.97. The first-order valence-electron chi connectivity index (χ1n) is 11.9. The number of aliphatic hydroxyl groups is 1. The molecule has 3 rings (SSSR count). The van der Waals surface area contributed by atoms with E-state index in [4.69, 9.17) is 9.47 Å². The van der Waals surface area contributed by atoms with E-state index >= 15 is 0 Å². The highest BCUT2D eigenvalue weighted by atomic mass is 16.5. The number of ether oxygens (including phenoxy) is 2. The Balaban J connectivity index is 1.78. The lowest BCUT2D eigenvalue weighted by atomic mass is 10.0. The van der Waals surface area contributed by atoms with Gasteiger partial charge < -0.3 is 29.7 Å². The standard InChI is InChI=1S/C24H36N6O5/c1-17-13-29(18(2)15-31)23(32)10-7-11-30-19(12-25-27-30)16-35-22(17)14-28(3)24(33)26-20-8-5-6-9-21(20)34-4/h5-6,8-9,12,17-18,22,31H,7,10-11,13-16H2,1-4H3,(H,26,33)/t17-,18+,22+/m1/s1. The molecule has 0 bridgehead atoms. The van der Waals surface area contributed by atoms with Crippen molar-refractivity contribution in [1.82, 2.24) is 24.8 Å². The Morgan fingerprint density at radius 1 is 1.40 bits per heavy atom. The fraction of sp³-hybridized carbons (Fsp3) is 0.583. The Labute approximate surface area is 206 Å². The molecule has 35 heavy (non-hydrogen) atoms. The predicted octanol–water partition coefficient (Wildman–Crippen LogP) is 1.98. The number of aliphatic hydroxyl groups excluding tert-OH is 1. The van der Waals surface area contributed by atoms with Gasteiger partial charge in [-0.25, -0.2) is 9.48 Å². The molecule has 0 unspecified atom stereocenters. The van der Waals surface area contributed by atoms with Crippen LogP contribution in [0.1, 0.15) is 32.4 Å². The van der Waals surface area contributed by atoms with Crippen LogP contribution in [0.5, 0.6) is 5.75 Å². The van der Waals surface area contributed by atoms with Crippen LogP contribution in [0.2, 0.25) is 0 Å². The molecule has 1 aliphatic heterocycles. The van der Waals surface area contributed by atoms with Crippen LogP contribution in [-0.4, -0.2) is 87.8 Å². The minimum Gasteiger partial charge on any atom is -0.495 e. The van der Waals surface area contributed by atoms with E-state index in [0.717, 1.165) is 5.69 Å². The summed E-state index contributed by atoms with van der Waals surface area (Å²) in [6.07, 6.45) is 2.25. The Kier molecular flexibility index (Phi) is 9.44. The summed E-state index contributed by atoms with van der Waals surface area (Å²) < 4.78 is 13.3.